The standard InChI is InChI=1S/C22H18N2O4S/c25-22-20-14-8-7-13-19(20)21(17-9-3-1-4-10-17)23-24(22)15-16-29(26,27)28-18-11-5-2-6-12-18/h1-14H,15-16H2. The maximum Gasteiger partial charge on any atom is 0.311 e. The highest BCUT2D eigenvalue weighted by Gasteiger charge is 2.17. The summed E-state index contributed by atoms with van der Waals surface area (Å²) in [6.45, 7) is -0.112. The van der Waals surface area contributed by atoms with Crippen molar-refractivity contribution >= 4 is 20.9 Å². The molecule has 1 aromatic heterocycles. The zero-order chi connectivity index (χ0) is 20.3. The number of rotatable bonds is 6. The smallest absolute Gasteiger partial charge is 0.311 e. The minimum atomic E-state index is -3.88. The quantitative estimate of drug-likeness (QED) is 0.458. The van der Waals surface area contributed by atoms with Crippen molar-refractivity contribution in [2.45, 2.75) is 6.54 Å². The Bertz CT molecular complexity index is 1300. The second-order valence-corrected chi connectivity index (χ2v) is 8.14. The lowest BCUT2D eigenvalue weighted by Crippen LogP contribution is -2.28. The number of aromatic nitrogens is 2. The third-order valence-electron chi connectivity index (χ3n) is 4.43. The number of para-hydroxylation sites is 1. The molecule has 0 atom stereocenters. The Morgan fingerprint density at radius 3 is 2.07 bits per heavy atom. The molecule has 29 heavy (non-hydrogen) atoms. The summed E-state index contributed by atoms with van der Waals surface area (Å²) in [5.74, 6) is -0.141. The van der Waals surface area contributed by atoms with Crippen LogP contribution in [0.15, 0.2) is 89.7 Å². The van der Waals surface area contributed by atoms with Gasteiger partial charge >= 0.3 is 10.1 Å². The molecule has 0 N–H and O–H groups in total. The molecule has 146 valence electrons. The van der Waals surface area contributed by atoms with E-state index in [1.54, 1.807) is 42.5 Å². The summed E-state index contributed by atoms with van der Waals surface area (Å²) in [6.07, 6.45) is 0. The van der Waals surface area contributed by atoms with Gasteiger partial charge in [-0.25, -0.2) is 4.68 Å². The van der Waals surface area contributed by atoms with E-state index in [1.165, 1.54) is 4.68 Å². The van der Waals surface area contributed by atoms with Gasteiger partial charge in [-0.15, -0.1) is 0 Å². The minimum absolute atomic E-state index is 0.112. The van der Waals surface area contributed by atoms with Gasteiger partial charge < -0.3 is 4.18 Å². The first kappa shape index (κ1) is 18.9. The van der Waals surface area contributed by atoms with Gasteiger partial charge in [-0.3, -0.25) is 4.79 Å². The molecule has 0 saturated carbocycles. The Balaban J connectivity index is 1.69. The fourth-order valence-electron chi connectivity index (χ4n) is 3.06. The van der Waals surface area contributed by atoms with Gasteiger partial charge in [-0.05, 0) is 18.2 Å². The zero-order valence-electron chi connectivity index (χ0n) is 15.4. The predicted molar refractivity (Wildman–Crippen MR) is 112 cm³/mol. The van der Waals surface area contributed by atoms with Crippen LogP contribution < -0.4 is 9.74 Å². The van der Waals surface area contributed by atoms with Crippen molar-refractivity contribution in [2.75, 3.05) is 5.75 Å². The molecule has 0 amide bonds. The SMILES string of the molecule is O=c1c2ccccc2c(-c2ccccc2)nn1CCS(=O)(=O)Oc1ccccc1. The largest absolute Gasteiger partial charge is 0.382 e. The van der Waals surface area contributed by atoms with Crippen LogP contribution in [0.25, 0.3) is 22.0 Å². The van der Waals surface area contributed by atoms with Gasteiger partial charge in [-0.1, -0.05) is 66.7 Å². The molecule has 0 unspecified atom stereocenters. The van der Waals surface area contributed by atoms with E-state index in [1.807, 2.05) is 42.5 Å². The van der Waals surface area contributed by atoms with Crippen molar-refractivity contribution < 1.29 is 12.6 Å². The molecular formula is C22H18N2O4S. The molecule has 0 spiro atoms. The van der Waals surface area contributed by atoms with E-state index in [4.69, 9.17) is 4.18 Å². The number of nitrogens with zero attached hydrogens (tertiary/aromatic N) is 2. The first-order valence-electron chi connectivity index (χ1n) is 9.06. The molecule has 0 fully saturated rings. The van der Waals surface area contributed by atoms with Crippen LogP contribution in [0.5, 0.6) is 5.75 Å². The van der Waals surface area contributed by atoms with E-state index in [0.29, 0.717) is 11.1 Å². The second kappa shape index (κ2) is 7.89. The highest BCUT2D eigenvalue weighted by atomic mass is 32.2. The summed E-state index contributed by atoms with van der Waals surface area (Å²) in [4.78, 5) is 12.9. The summed E-state index contributed by atoms with van der Waals surface area (Å²) in [5.41, 5.74) is 1.14. The number of aryl methyl sites for hydroxylation is 1. The van der Waals surface area contributed by atoms with Crippen LogP contribution in [0.4, 0.5) is 0 Å². The van der Waals surface area contributed by atoms with Gasteiger partial charge in [0.1, 0.15) is 11.5 Å². The van der Waals surface area contributed by atoms with Crippen molar-refractivity contribution in [3.05, 3.63) is 95.3 Å². The van der Waals surface area contributed by atoms with Gasteiger partial charge in [0, 0.05) is 10.9 Å². The monoisotopic (exact) mass is 406 g/mol. The van der Waals surface area contributed by atoms with Crippen molar-refractivity contribution in [1.29, 1.82) is 0 Å². The molecule has 0 radical (unpaired) electrons. The first-order valence-corrected chi connectivity index (χ1v) is 10.6. The Morgan fingerprint density at radius 2 is 1.38 bits per heavy atom. The molecule has 3 aromatic carbocycles. The molecule has 0 aliphatic rings. The third-order valence-corrected chi connectivity index (χ3v) is 5.56. The maximum absolute atomic E-state index is 12.9. The summed E-state index contributed by atoms with van der Waals surface area (Å²) in [6, 6.07) is 24.9. The van der Waals surface area contributed by atoms with Crippen molar-refractivity contribution in [3.63, 3.8) is 0 Å². The van der Waals surface area contributed by atoms with Crippen LogP contribution in [0.3, 0.4) is 0 Å². The van der Waals surface area contributed by atoms with E-state index in [2.05, 4.69) is 5.10 Å². The normalized spacial score (nSPS) is 11.4. The molecule has 0 saturated heterocycles. The lowest BCUT2D eigenvalue weighted by Gasteiger charge is -2.12. The van der Waals surface area contributed by atoms with Crippen LogP contribution in [-0.2, 0) is 16.7 Å². The fraction of sp³-hybridized carbons (Fsp3) is 0.0909. The molecule has 7 heteroatoms. The van der Waals surface area contributed by atoms with Crippen molar-refractivity contribution in [1.82, 2.24) is 9.78 Å². The average molecular weight is 406 g/mol. The van der Waals surface area contributed by atoms with E-state index in [9.17, 15) is 13.2 Å². The van der Waals surface area contributed by atoms with Gasteiger partial charge in [-0.2, -0.15) is 13.5 Å². The van der Waals surface area contributed by atoms with Gasteiger partial charge in [0.15, 0.2) is 0 Å². The van der Waals surface area contributed by atoms with Crippen LogP contribution in [0.2, 0.25) is 0 Å². The summed E-state index contributed by atoms with van der Waals surface area (Å²) >= 11 is 0. The predicted octanol–water partition coefficient (Wildman–Crippen LogP) is 3.47. The Labute approximate surface area is 168 Å². The Hall–Kier alpha value is -3.45. The number of hydrogen-bond acceptors (Lipinski definition) is 5. The highest BCUT2D eigenvalue weighted by molar-refractivity contribution is 7.87. The van der Waals surface area contributed by atoms with Crippen molar-refractivity contribution in [2.24, 2.45) is 0 Å². The number of fused-ring (bicyclic) bond motifs is 1. The molecule has 1 heterocycles. The second-order valence-electron chi connectivity index (χ2n) is 6.45. The Morgan fingerprint density at radius 1 is 0.793 bits per heavy atom. The lowest BCUT2D eigenvalue weighted by atomic mass is 10.1. The number of hydrogen-bond donors (Lipinski definition) is 0. The van der Waals surface area contributed by atoms with Crippen LogP contribution >= 0.6 is 0 Å². The van der Waals surface area contributed by atoms with Gasteiger partial charge in [0.25, 0.3) is 5.56 Å². The average Bonchev–Trinajstić information content (AvgIpc) is 2.74. The zero-order valence-corrected chi connectivity index (χ0v) is 16.2. The van der Waals surface area contributed by atoms with Gasteiger partial charge in [0.05, 0.1) is 17.6 Å². The molecule has 0 aliphatic heterocycles. The molecule has 4 rings (SSSR count). The molecule has 0 aliphatic carbocycles. The highest BCUT2D eigenvalue weighted by Crippen LogP contribution is 2.24. The lowest BCUT2D eigenvalue weighted by molar-refractivity contribution is 0.477. The Kier molecular flexibility index (Phi) is 5.14. The number of benzene rings is 3. The fourth-order valence-corrected chi connectivity index (χ4v) is 3.94. The molecule has 6 nitrogen and oxygen atoms in total. The van der Waals surface area contributed by atoms with E-state index >= 15 is 0 Å². The summed E-state index contributed by atoms with van der Waals surface area (Å²) < 4.78 is 31.0. The topological polar surface area (TPSA) is 78.3 Å². The summed E-state index contributed by atoms with van der Waals surface area (Å²) in [7, 11) is -3.88. The minimum Gasteiger partial charge on any atom is -0.382 e. The van der Waals surface area contributed by atoms with E-state index in [0.717, 1.165) is 10.9 Å². The van der Waals surface area contributed by atoms with Gasteiger partial charge in [0.2, 0.25) is 0 Å². The summed E-state index contributed by atoms with van der Waals surface area (Å²) in [5, 5.41) is 5.68. The third kappa shape index (κ3) is 4.20. The maximum atomic E-state index is 12.9. The first-order chi connectivity index (χ1) is 14.0. The van der Waals surface area contributed by atoms with Crippen LogP contribution in [-0.4, -0.2) is 24.0 Å². The van der Waals surface area contributed by atoms with Crippen LogP contribution in [0.1, 0.15) is 0 Å². The molecular weight excluding hydrogens is 388 g/mol. The van der Waals surface area contributed by atoms with Crippen molar-refractivity contribution in [3.8, 4) is 17.0 Å². The molecule has 4 aromatic rings. The van der Waals surface area contributed by atoms with E-state index < -0.39 is 10.1 Å². The van der Waals surface area contributed by atoms with E-state index in [-0.39, 0.29) is 23.6 Å². The molecule has 0 bridgehead atoms. The van der Waals surface area contributed by atoms with Crippen LogP contribution in [0, 0.1) is 0 Å².